The highest BCUT2D eigenvalue weighted by Gasteiger charge is 2.13. The molecule has 1 heterocycles. The first-order valence-electron chi connectivity index (χ1n) is 8.78. The van der Waals surface area contributed by atoms with Crippen molar-refractivity contribution >= 4 is 5.91 Å². The number of hydrogen-bond acceptors (Lipinski definition) is 4. The predicted molar refractivity (Wildman–Crippen MR) is 102 cm³/mol. The van der Waals surface area contributed by atoms with Crippen molar-refractivity contribution in [2.45, 2.75) is 6.54 Å². The molecule has 144 valence electrons. The van der Waals surface area contributed by atoms with E-state index in [1.807, 2.05) is 42.5 Å². The van der Waals surface area contributed by atoms with Crippen LogP contribution in [0.15, 0.2) is 72.8 Å². The third-order valence-electron chi connectivity index (χ3n) is 4.34. The van der Waals surface area contributed by atoms with E-state index in [0.29, 0.717) is 5.56 Å². The number of nitrogens with one attached hydrogen (secondary N) is 1. The number of aromatic nitrogens is 4. The minimum absolute atomic E-state index is 0.0191. The molecule has 0 aliphatic carbocycles. The molecular formula is C21H15F2N5O. The summed E-state index contributed by atoms with van der Waals surface area (Å²) in [5.41, 5.74) is 2.80. The fourth-order valence-corrected chi connectivity index (χ4v) is 2.84. The van der Waals surface area contributed by atoms with Crippen LogP contribution in [-0.2, 0) is 6.54 Å². The highest BCUT2D eigenvalue weighted by molar-refractivity contribution is 5.94. The van der Waals surface area contributed by atoms with Gasteiger partial charge in [0.05, 0.1) is 12.2 Å². The Kier molecular flexibility index (Phi) is 5.07. The largest absolute Gasteiger partial charge is 0.345 e. The van der Waals surface area contributed by atoms with Crippen LogP contribution in [0.3, 0.4) is 0 Å². The third-order valence-corrected chi connectivity index (χ3v) is 4.34. The molecule has 4 aromatic rings. The van der Waals surface area contributed by atoms with Crippen molar-refractivity contribution in [3.63, 3.8) is 0 Å². The van der Waals surface area contributed by atoms with E-state index in [1.54, 1.807) is 12.1 Å². The van der Waals surface area contributed by atoms with Crippen LogP contribution >= 0.6 is 0 Å². The summed E-state index contributed by atoms with van der Waals surface area (Å²) >= 11 is 0. The van der Waals surface area contributed by atoms with Gasteiger partial charge in [-0.2, -0.15) is 4.68 Å². The van der Waals surface area contributed by atoms with Crippen LogP contribution in [0.5, 0.6) is 0 Å². The van der Waals surface area contributed by atoms with Gasteiger partial charge in [0.25, 0.3) is 5.91 Å². The summed E-state index contributed by atoms with van der Waals surface area (Å²) < 4.78 is 27.8. The lowest BCUT2D eigenvalue weighted by Crippen LogP contribution is -2.24. The van der Waals surface area contributed by atoms with E-state index >= 15 is 0 Å². The predicted octanol–water partition coefficient (Wildman–Crippen LogP) is 3.54. The molecule has 3 aromatic carbocycles. The summed E-state index contributed by atoms with van der Waals surface area (Å²) in [5.74, 6) is -1.99. The van der Waals surface area contributed by atoms with Gasteiger partial charge >= 0.3 is 0 Å². The van der Waals surface area contributed by atoms with Crippen molar-refractivity contribution in [1.82, 2.24) is 25.5 Å². The molecule has 4 rings (SSSR count). The first-order chi connectivity index (χ1) is 14.1. The zero-order chi connectivity index (χ0) is 20.2. The van der Waals surface area contributed by atoms with Gasteiger partial charge < -0.3 is 5.32 Å². The van der Waals surface area contributed by atoms with Crippen LogP contribution in [0.2, 0.25) is 0 Å². The molecule has 0 aliphatic heterocycles. The zero-order valence-electron chi connectivity index (χ0n) is 15.1. The maximum atomic E-state index is 13.5. The zero-order valence-corrected chi connectivity index (χ0v) is 15.1. The molecule has 0 atom stereocenters. The molecule has 0 unspecified atom stereocenters. The van der Waals surface area contributed by atoms with E-state index in [0.717, 1.165) is 23.3 Å². The normalized spacial score (nSPS) is 10.7. The Morgan fingerprint density at radius 2 is 1.62 bits per heavy atom. The van der Waals surface area contributed by atoms with Gasteiger partial charge in [-0.1, -0.05) is 42.5 Å². The van der Waals surface area contributed by atoms with Gasteiger partial charge in [0.1, 0.15) is 0 Å². The molecule has 29 heavy (non-hydrogen) atoms. The number of carbonyl (C=O) groups is 1. The van der Waals surface area contributed by atoms with Crippen molar-refractivity contribution in [2.75, 3.05) is 0 Å². The lowest BCUT2D eigenvalue weighted by atomic mass is 10.0. The number of benzene rings is 3. The van der Waals surface area contributed by atoms with Crippen LogP contribution < -0.4 is 5.32 Å². The minimum Gasteiger partial charge on any atom is -0.345 e. The van der Waals surface area contributed by atoms with Gasteiger partial charge in [-0.25, -0.2) is 8.78 Å². The van der Waals surface area contributed by atoms with E-state index in [9.17, 15) is 13.6 Å². The van der Waals surface area contributed by atoms with Crippen LogP contribution in [0.4, 0.5) is 8.78 Å². The van der Waals surface area contributed by atoms with Crippen LogP contribution in [0, 0.1) is 11.6 Å². The third kappa shape index (κ3) is 4.01. The lowest BCUT2D eigenvalue weighted by molar-refractivity contribution is 0.0949. The molecule has 8 heteroatoms. The Morgan fingerprint density at radius 3 is 2.34 bits per heavy atom. The molecular weight excluding hydrogens is 376 g/mol. The highest BCUT2D eigenvalue weighted by atomic mass is 19.2. The summed E-state index contributed by atoms with van der Waals surface area (Å²) in [4.78, 5) is 12.4. The van der Waals surface area contributed by atoms with Gasteiger partial charge in [-0.15, -0.1) is 5.10 Å². The number of amides is 1. The molecule has 0 bridgehead atoms. The van der Waals surface area contributed by atoms with Crippen LogP contribution in [0.25, 0.3) is 16.8 Å². The van der Waals surface area contributed by atoms with Gasteiger partial charge in [0.15, 0.2) is 17.5 Å². The molecule has 1 aromatic heterocycles. The second kappa shape index (κ2) is 7.97. The summed E-state index contributed by atoms with van der Waals surface area (Å²) in [6, 6.07) is 20.4. The molecule has 6 nitrogen and oxygen atoms in total. The SMILES string of the molecule is O=C(NCc1nnnn1-c1ccc(F)c(F)c1)c1ccc(-c2ccccc2)cc1. The Balaban J connectivity index is 1.45. The molecule has 1 N–H and O–H groups in total. The Bertz CT molecular complexity index is 1140. The second-order valence-electron chi connectivity index (χ2n) is 6.23. The minimum atomic E-state index is -1.01. The Labute approximate surface area is 164 Å². The van der Waals surface area contributed by atoms with Gasteiger partial charge in [-0.05, 0) is 45.8 Å². The number of nitrogens with zero attached hydrogens (tertiary/aromatic N) is 4. The molecule has 0 radical (unpaired) electrons. The molecule has 1 amide bonds. The molecule has 0 saturated heterocycles. The average Bonchev–Trinajstić information content (AvgIpc) is 3.23. The standard InChI is InChI=1S/C21H15F2N5O/c22-18-11-10-17(12-19(18)23)28-20(25-26-27-28)13-24-21(29)16-8-6-15(7-9-16)14-4-2-1-3-5-14/h1-12H,13H2,(H,24,29). The average molecular weight is 391 g/mol. The molecule has 0 aliphatic rings. The number of rotatable bonds is 5. The maximum absolute atomic E-state index is 13.5. The first-order valence-corrected chi connectivity index (χ1v) is 8.78. The van der Waals surface area contributed by atoms with E-state index in [-0.39, 0.29) is 24.0 Å². The van der Waals surface area contributed by atoms with E-state index < -0.39 is 11.6 Å². The summed E-state index contributed by atoms with van der Waals surface area (Å²) in [6.07, 6.45) is 0. The highest BCUT2D eigenvalue weighted by Crippen LogP contribution is 2.19. The van der Waals surface area contributed by atoms with Crippen molar-refractivity contribution < 1.29 is 13.6 Å². The van der Waals surface area contributed by atoms with Crippen LogP contribution in [-0.4, -0.2) is 26.1 Å². The van der Waals surface area contributed by atoms with Gasteiger partial charge in [0.2, 0.25) is 0 Å². The van der Waals surface area contributed by atoms with Crippen molar-refractivity contribution in [3.05, 3.63) is 95.8 Å². The van der Waals surface area contributed by atoms with Gasteiger partial charge in [-0.3, -0.25) is 4.79 Å². The Hall–Kier alpha value is -3.94. The number of carbonyl (C=O) groups excluding carboxylic acids is 1. The van der Waals surface area contributed by atoms with Crippen molar-refractivity contribution in [2.24, 2.45) is 0 Å². The number of halogens is 2. The molecule has 0 spiro atoms. The van der Waals surface area contributed by atoms with Crippen molar-refractivity contribution in [1.29, 1.82) is 0 Å². The Morgan fingerprint density at radius 1 is 0.897 bits per heavy atom. The summed E-state index contributed by atoms with van der Waals surface area (Å²) in [7, 11) is 0. The first kappa shape index (κ1) is 18.4. The quantitative estimate of drug-likeness (QED) is 0.565. The topological polar surface area (TPSA) is 72.7 Å². The monoisotopic (exact) mass is 391 g/mol. The van der Waals surface area contributed by atoms with Crippen LogP contribution in [0.1, 0.15) is 16.2 Å². The number of hydrogen-bond donors (Lipinski definition) is 1. The smallest absolute Gasteiger partial charge is 0.251 e. The second-order valence-corrected chi connectivity index (χ2v) is 6.23. The van der Waals surface area contributed by atoms with E-state index in [4.69, 9.17) is 0 Å². The molecule has 0 fully saturated rings. The fraction of sp³-hybridized carbons (Fsp3) is 0.0476. The fourth-order valence-electron chi connectivity index (χ4n) is 2.84. The maximum Gasteiger partial charge on any atom is 0.251 e. The van der Waals surface area contributed by atoms with Crippen molar-refractivity contribution in [3.8, 4) is 16.8 Å². The van der Waals surface area contributed by atoms with E-state index in [1.165, 1.54) is 10.7 Å². The lowest BCUT2D eigenvalue weighted by Gasteiger charge is -2.08. The summed E-state index contributed by atoms with van der Waals surface area (Å²) in [5, 5.41) is 13.9. The van der Waals surface area contributed by atoms with Gasteiger partial charge in [0, 0.05) is 11.6 Å². The molecule has 0 saturated carbocycles. The summed E-state index contributed by atoms with van der Waals surface area (Å²) in [6.45, 7) is 0.0191. The van der Waals surface area contributed by atoms with E-state index in [2.05, 4.69) is 20.8 Å². The number of tetrazole rings is 1.